The van der Waals surface area contributed by atoms with Crippen LogP contribution in [-0.4, -0.2) is 23.9 Å². The first-order valence-electron chi connectivity index (χ1n) is 7.64. The maximum Gasteiger partial charge on any atom is 0.255 e. The Labute approximate surface area is 125 Å². The van der Waals surface area contributed by atoms with Crippen LogP contribution in [0.2, 0.25) is 0 Å². The van der Waals surface area contributed by atoms with E-state index in [1.807, 2.05) is 41.3 Å². The molecule has 0 aromatic heterocycles. The van der Waals surface area contributed by atoms with Gasteiger partial charge in [0.25, 0.3) is 5.91 Å². The predicted molar refractivity (Wildman–Crippen MR) is 87.2 cm³/mol. The number of benzene rings is 2. The highest BCUT2D eigenvalue weighted by atomic mass is 16.2. The van der Waals surface area contributed by atoms with Gasteiger partial charge in [-0.05, 0) is 41.2 Å². The number of hydrogen-bond acceptors (Lipinski definition) is 2. The molecule has 1 aliphatic rings. The third-order valence-corrected chi connectivity index (χ3v) is 4.77. The van der Waals surface area contributed by atoms with Gasteiger partial charge in [-0.25, -0.2) is 0 Å². The number of piperidine rings is 1. The Morgan fingerprint density at radius 2 is 1.81 bits per heavy atom. The largest absolute Gasteiger partial charge is 0.398 e. The molecule has 2 aromatic rings. The van der Waals surface area contributed by atoms with E-state index in [9.17, 15) is 4.79 Å². The lowest BCUT2D eigenvalue weighted by atomic mass is 9.88. The van der Waals surface area contributed by atoms with E-state index in [1.165, 1.54) is 0 Å². The van der Waals surface area contributed by atoms with E-state index in [1.54, 1.807) is 0 Å². The second-order valence-corrected chi connectivity index (χ2v) is 6.28. The normalized spacial score (nSPS) is 22.5. The molecule has 3 nitrogen and oxygen atoms in total. The highest BCUT2D eigenvalue weighted by Crippen LogP contribution is 2.27. The van der Waals surface area contributed by atoms with Gasteiger partial charge in [0.1, 0.15) is 0 Å². The third kappa shape index (κ3) is 2.60. The SMILES string of the molecule is CC1CCN(C(=O)c2cc3ccccc3cc2N)CC1C. The summed E-state index contributed by atoms with van der Waals surface area (Å²) >= 11 is 0. The van der Waals surface area contributed by atoms with Gasteiger partial charge in [-0.3, -0.25) is 4.79 Å². The molecule has 1 aliphatic heterocycles. The van der Waals surface area contributed by atoms with Crippen LogP contribution < -0.4 is 5.73 Å². The van der Waals surface area contributed by atoms with E-state index in [0.717, 1.165) is 30.3 Å². The molecule has 3 rings (SSSR count). The van der Waals surface area contributed by atoms with E-state index in [4.69, 9.17) is 5.73 Å². The van der Waals surface area contributed by atoms with Crippen LogP contribution in [0.1, 0.15) is 30.6 Å². The molecule has 2 aromatic carbocycles. The molecule has 0 saturated carbocycles. The van der Waals surface area contributed by atoms with Gasteiger partial charge in [0.05, 0.1) is 5.56 Å². The van der Waals surface area contributed by atoms with Crippen LogP contribution >= 0.6 is 0 Å². The second kappa shape index (κ2) is 5.40. The van der Waals surface area contributed by atoms with Crippen molar-refractivity contribution < 1.29 is 4.79 Å². The quantitative estimate of drug-likeness (QED) is 0.813. The molecule has 1 amide bonds. The van der Waals surface area contributed by atoms with Crippen molar-refractivity contribution in [3.05, 3.63) is 42.0 Å². The Balaban J connectivity index is 1.92. The Morgan fingerprint density at radius 1 is 1.14 bits per heavy atom. The van der Waals surface area contributed by atoms with E-state index in [2.05, 4.69) is 13.8 Å². The van der Waals surface area contributed by atoms with Crippen molar-refractivity contribution in [3.8, 4) is 0 Å². The molecule has 1 fully saturated rings. The van der Waals surface area contributed by atoms with E-state index >= 15 is 0 Å². The molecule has 1 saturated heterocycles. The van der Waals surface area contributed by atoms with Gasteiger partial charge in [-0.15, -0.1) is 0 Å². The number of anilines is 1. The Kier molecular flexibility index (Phi) is 3.58. The monoisotopic (exact) mass is 282 g/mol. The zero-order valence-electron chi connectivity index (χ0n) is 12.7. The number of nitrogens with two attached hydrogens (primary N) is 1. The van der Waals surface area contributed by atoms with Crippen molar-refractivity contribution in [1.82, 2.24) is 4.90 Å². The summed E-state index contributed by atoms with van der Waals surface area (Å²) in [6, 6.07) is 11.8. The first-order chi connectivity index (χ1) is 10.1. The standard InChI is InChI=1S/C18H22N2O/c1-12-7-8-20(11-13(12)2)18(21)16-9-14-5-3-4-6-15(14)10-17(16)19/h3-6,9-10,12-13H,7-8,11,19H2,1-2H3. The van der Waals surface area contributed by atoms with E-state index < -0.39 is 0 Å². The summed E-state index contributed by atoms with van der Waals surface area (Å²) < 4.78 is 0. The van der Waals surface area contributed by atoms with Gasteiger partial charge in [0.2, 0.25) is 0 Å². The highest BCUT2D eigenvalue weighted by molar-refractivity contribution is 6.03. The second-order valence-electron chi connectivity index (χ2n) is 6.28. The van der Waals surface area contributed by atoms with Gasteiger partial charge in [0.15, 0.2) is 0 Å². The number of nitrogens with zero attached hydrogens (tertiary/aromatic N) is 1. The minimum absolute atomic E-state index is 0.0667. The predicted octanol–water partition coefficient (Wildman–Crippen LogP) is 3.54. The van der Waals surface area contributed by atoms with Crippen molar-refractivity contribution in [3.63, 3.8) is 0 Å². The van der Waals surface area contributed by atoms with Crippen molar-refractivity contribution in [2.45, 2.75) is 20.3 Å². The number of carbonyl (C=O) groups is 1. The average molecular weight is 282 g/mol. The number of amides is 1. The van der Waals surface area contributed by atoms with Gasteiger partial charge in [0, 0.05) is 18.8 Å². The number of likely N-dealkylation sites (tertiary alicyclic amines) is 1. The highest BCUT2D eigenvalue weighted by Gasteiger charge is 2.27. The number of hydrogen-bond donors (Lipinski definition) is 1. The average Bonchev–Trinajstić information content (AvgIpc) is 2.48. The Morgan fingerprint density at radius 3 is 2.48 bits per heavy atom. The molecule has 110 valence electrons. The zero-order valence-corrected chi connectivity index (χ0v) is 12.7. The molecule has 0 radical (unpaired) electrons. The third-order valence-electron chi connectivity index (χ3n) is 4.77. The molecule has 2 N–H and O–H groups in total. The molecule has 1 heterocycles. The summed E-state index contributed by atoms with van der Waals surface area (Å²) in [6.07, 6.45) is 1.07. The molecule has 0 aliphatic carbocycles. The fourth-order valence-electron chi connectivity index (χ4n) is 3.06. The molecule has 0 bridgehead atoms. The molecular weight excluding hydrogens is 260 g/mol. The summed E-state index contributed by atoms with van der Waals surface area (Å²) in [5.41, 5.74) is 7.32. The number of carbonyl (C=O) groups excluding carboxylic acids is 1. The van der Waals surface area contributed by atoms with Crippen LogP contribution in [0.4, 0.5) is 5.69 Å². The van der Waals surface area contributed by atoms with Crippen molar-refractivity contribution in [2.75, 3.05) is 18.8 Å². The summed E-state index contributed by atoms with van der Waals surface area (Å²) in [7, 11) is 0. The Bertz CT molecular complexity index is 680. The number of fused-ring (bicyclic) bond motifs is 1. The van der Waals surface area contributed by atoms with Gasteiger partial charge >= 0.3 is 0 Å². The molecular formula is C18H22N2O. The smallest absolute Gasteiger partial charge is 0.255 e. The van der Waals surface area contributed by atoms with Gasteiger partial charge in [-0.1, -0.05) is 38.1 Å². The van der Waals surface area contributed by atoms with Crippen LogP contribution in [0.15, 0.2) is 36.4 Å². The molecule has 2 atom stereocenters. The first-order valence-corrected chi connectivity index (χ1v) is 7.64. The maximum atomic E-state index is 12.8. The lowest BCUT2D eigenvalue weighted by Crippen LogP contribution is -2.42. The lowest BCUT2D eigenvalue weighted by Gasteiger charge is -2.35. The number of nitrogen functional groups attached to an aromatic ring is 1. The summed E-state index contributed by atoms with van der Waals surface area (Å²) in [5.74, 6) is 1.30. The molecule has 3 heteroatoms. The summed E-state index contributed by atoms with van der Waals surface area (Å²) in [5, 5.41) is 2.14. The van der Waals surface area contributed by atoms with Crippen LogP contribution in [0.3, 0.4) is 0 Å². The van der Waals surface area contributed by atoms with Crippen LogP contribution in [0.25, 0.3) is 10.8 Å². The number of rotatable bonds is 1. The van der Waals surface area contributed by atoms with Crippen LogP contribution in [-0.2, 0) is 0 Å². The fourth-order valence-corrected chi connectivity index (χ4v) is 3.06. The van der Waals surface area contributed by atoms with Crippen molar-refractivity contribution >= 4 is 22.4 Å². The first kappa shape index (κ1) is 13.9. The minimum Gasteiger partial charge on any atom is -0.398 e. The van der Waals surface area contributed by atoms with Gasteiger partial charge < -0.3 is 10.6 Å². The van der Waals surface area contributed by atoms with E-state index in [0.29, 0.717) is 23.1 Å². The van der Waals surface area contributed by atoms with Crippen LogP contribution in [0, 0.1) is 11.8 Å². The fraction of sp³-hybridized carbons (Fsp3) is 0.389. The lowest BCUT2D eigenvalue weighted by molar-refractivity contribution is 0.0628. The van der Waals surface area contributed by atoms with Crippen molar-refractivity contribution in [1.29, 1.82) is 0 Å². The molecule has 21 heavy (non-hydrogen) atoms. The van der Waals surface area contributed by atoms with Crippen LogP contribution in [0.5, 0.6) is 0 Å². The van der Waals surface area contributed by atoms with E-state index in [-0.39, 0.29) is 5.91 Å². The summed E-state index contributed by atoms with van der Waals surface area (Å²) in [4.78, 5) is 14.7. The minimum atomic E-state index is 0.0667. The Hall–Kier alpha value is -2.03. The van der Waals surface area contributed by atoms with Gasteiger partial charge in [-0.2, -0.15) is 0 Å². The maximum absolute atomic E-state index is 12.8. The zero-order chi connectivity index (χ0) is 15.0. The molecule has 0 spiro atoms. The topological polar surface area (TPSA) is 46.3 Å². The van der Waals surface area contributed by atoms with Crippen molar-refractivity contribution in [2.24, 2.45) is 11.8 Å². The summed E-state index contributed by atoms with van der Waals surface area (Å²) in [6.45, 7) is 6.13. The molecule has 2 unspecified atom stereocenters.